The van der Waals surface area contributed by atoms with Crippen molar-refractivity contribution in [3.05, 3.63) is 16.8 Å². The summed E-state index contributed by atoms with van der Waals surface area (Å²) in [7, 11) is 0. The molecule has 0 unspecified atom stereocenters. The zero-order valence-electron chi connectivity index (χ0n) is 13.3. The minimum atomic E-state index is -1.37. The van der Waals surface area contributed by atoms with E-state index in [0.717, 1.165) is 0 Å². The number of hydrogen-bond acceptors (Lipinski definition) is 7. The first-order valence-corrected chi connectivity index (χ1v) is 8.19. The van der Waals surface area contributed by atoms with Crippen LogP contribution in [0.4, 0.5) is 0 Å². The van der Waals surface area contributed by atoms with Gasteiger partial charge in [-0.25, -0.2) is 9.97 Å². The van der Waals surface area contributed by atoms with E-state index in [-0.39, 0.29) is 23.0 Å². The molecular weight excluding hydrogens is 359 g/mol. The molecule has 10 heteroatoms. The molecular formula is C14H18Cl2N4O4. The number of ether oxygens (including phenoxy) is 2. The van der Waals surface area contributed by atoms with Gasteiger partial charge in [0.2, 0.25) is 5.28 Å². The molecule has 2 N–H and O–H groups in total. The summed E-state index contributed by atoms with van der Waals surface area (Å²) in [6, 6.07) is 0. The first-order valence-electron chi connectivity index (χ1n) is 7.43. The van der Waals surface area contributed by atoms with Gasteiger partial charge in [-0.3, -0.25) is 4.57 Å². The quantitative estimate of drug-likeness (QED) is 0.476. The number of aliphatic hydroxyl groups excluding tert-OH is 1. The van der Waals surface area contributed by atoms with Gasteiger partial charge in [-0.2, -0.15) is 4.98 Å². The number of fused-ring (bicyclic) bond motifs is 1. The molecule has 8 nitrogen and oxygen atoms in total. The van der Waals surface area contributed by atoms with Crippen LogP contribution in [0.5, 0.6) is 0 Å². The molecule has 0 aliphatic carbocycles. The molecule has 24 heavy (non-hydrogen) atoms. The second kappa shape index (κ2) is 6.36. The van der Waals surface area contributed by atoms with Crippen molar-refractivity contribution in [2.24, 2.45) is 5.92 Å². The van der Waals surface area contributed by atoms with E-state index in [1.165, 1.54) is 20.2 Å². The van der Waals surface area contributed by atoms with Crippen LogP contribution in [0.3, 0.4) is 0 Å². The summed E-state index contributed by atoms with van der Waals surface area (Å²) in [6.07, 6.45) is -0.144. The van der Waals surface area contributed by atoms with Crippen LogP contribution in [0.15, 0.2) is 6.33 Å². The molecule has 3 heterocycles. The molecule has 0 aromatic carbocycles. The summed E-state index contributed by atoms with van der Waals surface area (Å²) < 4.78 is 13.3. The Morgan fingerprint density at radius 2 is 2.08 bits per heavy atom. The first-order chi connectivity index (χ1) is 11.2. The maximum absolute atomic E-state index is 10.0. The molecule has 3 rings (SSSR count). The topological polar surface area (TPSA) is 103 Å². The Bertz CT molecular complexity index is 748. The van der Waals surface area contributed by atoms with E-state index in [4.69, 9.17) is 32.7 Å². The molecule has 1 aliphatic heterocycles. The van der Waals surface area contributed by atoms with Crippen LogP contribution >= 0.6 is 23.2 Å². The van der Waals surface area contributed by atoms with Gasteiger partial charge < -0.3 is 19.7 Å². The van der Waals surface area contributed by atoms with Gasteiger partial charge in [0.1, 0.15) is 11.6 Å². The first kappa shape index (κ1) is 17.8. The number of hydrogen-bond donors (Lipinski definition) is 2. The molecule has 1 saturated heterocycles. The van der Waals surface area contributed by atoms with E-state index >= 15 is 0 Å². The molecule has 2 aromatic rings. The van der Waals surface area contributed by atoms with Crippen molar-refractivity contribution < 1.29 is 19.7 Å². The van der Waals surface area contributed by atoms with Crippen LogP contribution in [0.2, 0.25) is 10.4 Å². The van der Waals surface area contributed by atoms with Crippen LogP contribution in [-0.4, -0.2) is 54.3 Å². The number of aliphatic hydroxyl groups is 2. The zero-order valence-corrected chi connectivity index (χ0v) is 14.9. The monoisotopic (exact) mass is 376 g/mol. The fraction of sp³-hybridized carbons (Fsp3) is 0.643. The van der Waals surface area contributed by atoms with E-state index in [1.807, 2.05) is 6.92 Å². The third-order valence-electron chi connectivity index (χ3n) is 3.93. The number of rotatable bonds is 4. The highest BCUT2D eigenvalue weighted by Gasteiger charge is 2.46. The minimum Gasteiger partial charge on any atom is -0.394 e. The second-order valence-electron chi connectivity index (χ2n) is 6.24. The summed E-state index contributed by atoms with van der Waals surface area (Å²) in [6.45, 7) is 4.77. The molecule has 132 valence electrons. The maximum Gasteiger partial charge on any atom is 0.225 e. The van der Waals surface area contributed by atoms with Crippen LogP contribution in [0.25, 0.3) is 11.2 Å². The lowest BCUT2D eigenvalue weighted by Crippen LogP contribution is -2.37. The second-order valence-corrected chi connectivity index (χ2v) is 6.94. The molecule has 0 bridgehead atoms. The summed E-state index contributed by atoms with van der Waals surface area (Å²) in [5, 5.41) is 19.7. The maximum atomic E-state index is 10.0. The lowest BCUT2D eigenvalue weighted by Gasteiger charge is -2.29. The smallest absolute Gasteiger partial charge is 0.225 e. The fourth-order valence-corrected chi connectivity index (χ4v) is 3.25. The Hall–Kier alpha value is -1.03. The highest BCUT2D eigenvalue weighted by molar-refractivity contribution is 6.35. The Morgan fingerprint density at radius 1 is 1.38 bits per heavy atom. The molecule has 1 aliphatic rings. The standard InChI is InChI=1S/C14H18Cl2N4O4/c1-6-7(4-21)23-12(9(6)24-14(2,3)22)20-5-17-8-10(15)18-13(16)19-11(8)20/h5-7,9,12,21-22H,4H2,1-3H3/t6-,7-,9-,12-/m1/s1. The molecule has 0 radical (unpaired) electrons. The van der Waals surface area contributed by atoms with Crippen molar-refractivity contribution in [3.63, 3.8) is 0 Å². The van der Waals surface area contributed by atoms with Crippen molar-refractivity contribution in [2.75, 3.05) is 6.61 Å². The molecule has 1 fully saturated rings. The van der Waals surface area contributed by atoms with E-state index < -0.39 is 24.2 Å². The third-order valence-corrected chi connectivity index (χ3v) is 4.36. The zero-order chi connectivity index (χ0) is 17.6. The van der Waals surface area contributed by atoms with E-state index in [9.17, 15) is 10.2 Å². The summed E-state index contributed by atoms with van der Waals surface area (Å²) in [4.78, 5) is 12.2. The van der Waals surface area contributed by atoms with Crippen molar-refractivity contribution in [1.29, 1.82) is 0 Å². The summed E-state index contributed by atoms with van der Waals surface area (Å²) in [5.41, 5.74) is 0.770. The molecule has 4 atom stereocenters. The van der Waals surface area contributed by atoms with Crippen LogP contribution < -0.4 is 0 Å². The molecule has 0 amide bonds. The van der Waals surface area contributed by atoms with Crippen LogP contribution in [0, 0.1) is 5.92 Å². The Labute approximate surface area is 148 Å². The van der Waals surface area contributed by atoms with Gasteiger partial charge >= 0.3 is 0 Å². The van der Waals surface area contributed by atoms with Crippen molar-refractivity contribution in [2.45, 2.75) is 45.0 Å². The SMILES string of the molecule is C[C@H]1[C@@H](OC(C)(C)O)[C@H](n2cnc3c(Cl)nc(Cl)nc32)O[C@@H]1CO. The van der Waals surface area contributed by atoms with Gasteiger partial charge in [0.05, 0.1) is 19.0 Å². The highest BCUT2D eigenvalue weighted by Crippen LogP contribution is 2.39. The summed E-state index contributed by atoms with van der Waals surface area (Å²) >= 11 is 11.9. The summed E-state index contributed by atoms with van der Waals surface area (Å²) in [5.74, 6) is -1.54. The van der Waals surface area contributed by atoms with Gasteiger partial charge in [0, 0.05) is 5.92 Å². The number of halogens is 2. The minimum absolute atomic E-state index is 0.0149. The molecule has 2 aromatic heterocycles. The van der Waals surface area contributed by atoms with Crippen LogP contribution in [0.1, 0.15) is 27.0 Å². The number of nitrogens with zero attached hydrogens (tertiary/aromatic N) is 4. The largest absolute Gasteiger partial charge is 0.394 e. The van der Waals surface area contributed by atoms with Gasteiger partial charge in [-0.1, -0.05) is 18.5 Å². The van der Waals surface area contributed by atoms with E-state index in [1.54, 1.807) is 4.57 Å². The average Bonchev–Trinajstić information content (AvgIpc) is 3.00. The Balaban J connectivity index is 2.05. The Kier molecular flexibility index (Phi) is 4.71. The fourth-order valence-electron chi connectivity index (χ4n) is 2.83. The van der Waals surface area contributed by atoms with Crippen LogP contribution in [-0.2, 0) is 9.47 Å². The Morgan fingerprint density at radius 3 is 2.71 bits per heavy atom. The van der Waals surface area contributed by atoms with Crippen molar-refractivity contribution in [3.8, 4) is 0 Å². The van der Waals surface area contributed by atoms with Crippen molar-refractivity contribution in [1.82, 2.24) is 19.5 Å². The lowest BCUT2D eigenvalue weighted by atomic mass is 10.0. The van der Waals surface area contributed by atoms with Gasteiger partial charge in [0.15, 0.2) is 22.8 Å². The van der Waals surface area contributed by atoms with Gasteiger partial charge in [0.25, 0.3) is 0 Å². The van der Waals surface area contributed by atoms with Gasteiger partial charge in [-0.15, -0.1) is 0 Å². The molecule has 0 saturated carbocycles. The third kappa shape index (κ3) is 3.22. The van der Waals surface area contributed by atoms with E-state index in [2.05, 4.69) is 15.0 Å². The normalized spacial score (nSPS) is 28.0. The van der Waals surface area contributed by atoms with Crippen molar-refractivity contribution >= 4 is 34.4 Å². The molecule has 0 spiro atoms. The average molecular weight is 377 g/mol. The number of aromatic nitrogens is 4. The van der Waals surface area contributed by atoms with Gasteiger partial charge in [-0.05, 0) is 25.4 Å². The highest BCUT2D eigenvalue weighted by atomic mass is 35.5. The predicted molar refractivity (Wildman–Crippen MR) is 86.7 cm³/mol. The van der Waals surface area contributed by atoms with E-state index in [0.29, 0.717) is 11.2 Å². The predicted octanol–water partition coefficient (Wildman–Crippen LogP) is 1.77. The lowest BCUT2D eigenvalue weighted by molar-refractivity contribution is -0.227. The number of imidazole rings is 1.